The van der Waals surface area contributed by atoms with Crippen LogP contribution in [-0.4, -0.2) is 24.5 Å². The van der Waals surface area contributed by atoms with E-state index in [9.17, 15) is 4.79 Å². The molecule has 0 bridgehead atoms. The molecule has 4 nitrogen and oxygen atoms in total. The number of hydrogen-bond acceptors (Lipinski definition) is 4. The Hall–Kier alpha value is -0.650. The molecular formula is C11H20ClN3OS. The molecule has 1 heterocycles. The highest BCUT2D eigenvalue weighted by Gasteiger charge is 2.14. The van der Waals surface area contributed by atoms with Crippen molar-refractivity contribution in [3.8, 4) is 0 Å². The smallest absolute Gasteiger partial charge is 0.230 e. The number of anilines is 1. The highest BCUT2D eigenvalue weighted by Crippen LogP contribution is 2.22. The first-order valence-electron chi connectivity index (χ1n) is 5.50. The molecule has 98 valence electrons. The average Bonchev–Trinajstić information content (AvgIpc) is 2.59. The quantitative estimate of drug-likeness (QED) is 0.868. The minimum atomic E-state index is -0.0423. The molecule has 0 aliphatic rings. The molecule has 2 N–H and O–H groups in total. The number of carbonyl (C=O) groups excluding carboxylic acids is 1. The maximum Gasteiger partial charge on any atom is 0.230 e. The van der Waals surface area contributed by atoms with Gasteiger partial charge in [0.2, 0.25) is 5.91 Å². The summed E-state index contributed by atoms with van der Waals surface area (Å²) in [7, 11) is 1.84. The highest BCUT2D eigenvalue weighted by atomic mass is 35.5. The summed E-state index contributed by atoms with van der Waals surface area (Å²) in [6.07, 6.45) is 0.907. The Morgan fingerprint density at radius 3 is 2.65 bits per heavy atom. The van der Waals surface area contributed by atoms with Crippen LogP contribution in [0.5, 0.6) is 0 Å². The van der Waals surface area contributed by atoms with E-state index >= 15 is 0 Å². The zero-order chi connectivity index (χ0) is 12.1. The number of rotatable bonds is 5. The van der Waals surface area contributed by atoms with E-state index in [4.69, 9.17) is 0 Å². The monoisotopic (exact) mass is 277 g/mol. The first kappa shape index (κ1) is 16.4. The van der Waals surface area contributed by atoms with E-state index in [2.05, 4.69) is 22.5 Å². The van der Waals surface area contributed by atoms with Crippen LogP contribution in [0.25, 0.3) is 0 Å². The van der Waals surface area contributed by atoms with E-state index in [1.165, 1.54) is 16.2 Å². The van der Waals surface area contributed by atoms with Crippen LogP contribution in [0, 0.1) is 12.8 Å². The topological polar surface area (TPSA) is 54.0 Å². The molecule has 0 aliphatic heterocycles. The van der Waals surface area contributed by atoms with E-state index in [0.717, 1.165) is 12.1 Å². The fourth-order valence-corrected chi connectivity index (χ4v) is 2.34. The standard InChI is InChI=1S/C11H19N3OS.ClH/c1-5-9-8(3)16-11(13-9)14-10(15)7(2)6-12-4;/h7,12H,5-6H2,1-4H3,(H,13,14,15);1H. The molecule has 17 heavy (non-hydrogen) atoms. The van der Waals surface area contributed by atoms with Gasteiger partial charge in [0.15, 0.2) is 5.13 Å². The zero-order valence-corrected chi connectivity index (χ0v) is 12.3. The fraction of sp³-hybridized carbons (Fsp3) is 0.636. The molecule has 0 saturated heterocycles. The summed E-state index contributed by atoms with van der Waals surface area (Å²) >= 11 is 1.54. The largest absolute Gasteiger partial charge is 0.319 e. The maximum atomic E-state index is 11.7. The van der Waals surface area contributed by atoms with E-state index in [-0.39, 0.29) is 24.2 Å². The zero-order valence-electron chi connectivity index (χ0n) is 10.7. The molecule has 0 saturated carbocycles. The molecule has 1 amide bonds. The number of aryl methyl sites for hydroxylation is 2. The second kappa shape index (κ2) is 7.63. The van der Waals surface area contributed by atoms with Crippen molar-refractivity contribution < 1.29 is 4.79 Å². The fourth-order valence-electron chi connectivity index (χ4n) is 1.44. The summed E-state index contributed by atoms with van der Waals surface area (Å²) in [5.41, 5.74) is 1.07. The molecule has 0 fully saturated rings. The number of amides is 1. The van der Waals surface area contributed by atoms with Gasteiger partial charge in [-0.25, -0.2) is 4.98 Å². The number of hydrogen-bond donors (Lipinski definition) is 2. The van der Waals surface area contributed by atoms with Crippen LogP contribution in [0.15, 0.2) is 0 Å². The maximum absolute atomic E-state index is 11.7. The predicted octanol–water partition coefficient (Wildman–Crippen LogP) is 2.23. The van der Waals surface area contributed by atoms with Crippen LogP contribution in [0.3, 0.4) is 0 Å². The number of nitrogens with one attached hydrogen (secondary N) is 2. The van der Waals surface area contributed by atoms with E-state index in [1.54, 1.807) is 0 Å². The van der Waals surface area contributed by atoms with Gasteiger partial charge in [-0.05, 0) is 20.4 Å². The molecule has 1 rings (SSSR count). The van der Waals surface area contributed by atoms with Gasteiger partial charge in [-0.2, -0.15) is 0 Å². The molecular weight excluding hydrogens is 258 g/mol. The summed E-state index contributed by atoms with van der Waals surface area (Å²) in [6, 6.07) is 0. The van der Waals surface area contributed by atoms with Gasteiger partial charge in [0, 0.05) is 17.3 Å². The third kappa shape index (κ3) is 4.61. The van der Waals surface area contributed by atoms with Crippen molar-refractivity contribution in [2.75, 3.05) is 18.9 Å². The van der Waals surface area contributed by atoms with Crippen LogP contribution in [-0.2, 0) is 11.2 Å². The molecule has 0 radical (unpaired) electrons. The van der Waals surface area contributed by atoms with Crippen molar-refractivity contribution in [1.82, 2.24) is 10.3 Å². The second-order valence-corrected chi connectivity index (χ2v) is 5.03. The van der Waals surface area contributed by atoms with Gasteiger partial charge in [-0.15, -0.1) is 23.7 Å². The SMILES string of the molecule is CCc1nc(NC(=O)C(C)CNC)sc1C.Cl. The van der Waals surface area contributed by atoms with Crippen molar-refractivity contribution in [2.24, 2.45) is 5.92 Å². The van der Waals surface area contributed by atoms with Gasteiger partial charge in [0.05, 0.1) is 5.69 Å². The van der Waals surface area contributed by atoms with Crippen LogP contribution in [0.2, 0.25) is 0 Å². The van der Waals surface area contributed by atoms with Crippen LogP contribution in [0.1, 0.15) is 24.4 Å². The van der Waals surface area contributed by atoms with Crippen molar-refractivity contribution >= 4 is 34.8 Å². The van der Waals surface area contributed by atoms with Gasteiger partial charge in [0.1, 0.15) is 0 Å². The predicted molar refractivity (Wildman–Crippen MR) is 75.2 cm³/mol. The lowest BCUT2D eigenvalue weighted by molar-refractivity contribution is -0.119. The molecule has 1 aromatic heterocycles. The molecule has 1 atom stereocenters. The number of carbonyl (C=O) groups is 1. The van der Waals surface area contributed by atoms with Crippen LogP contribution >= 0.6 is 23.7 Å². The number of thiazole rings is 1. The summed E-state index contributed by atoms with van der Waals surface area (Å²) in [6.45, 7) is 6.67. The van der Waals surface area contributed by atoms with Gasteiger partial charge in [-0.1, -0.05) is 13.8 Å². The Bertz CT molecular complexity index is 368. The van der Waals surface area contributed by atoms with E-state index in [0.29, 0.717) is 11.7 Å². The van der Waals surface area contributed by atoms with Gasteiger partial charge in [-0.3, -0.25) is 4.79 Å². The first-order valence-corrected chi connectivity index (χ1v) is 6.31. The van der Waals surface area contributed by atoms with Crippen LogP contribution < -0.4 is 10.6 Å². The number of nitrogens with zero attached hydrogens (tertiary/aromatic N) is 1. The molecule has 1 unspecified atom stereocenters. The minimum absolute atomic E-state index is 0. The average molecular weight is 278 g/mol. The van der Waals surface area contributed by atoms with Gasteiger partial charge in [0.25, 0.3) is 0 Å². The second-order valence-electron chi connectivity index (χ2n) is 3.82. The Balaban J connectivity index is 0.00000256. The van der Waals surface area contributed by atoms with E-state index in [1.807, 2.05) is 20.9 Å². The van der Waals surface area contributed by atoms with Crippen LogP contribution in [0.4, 0.5) is 5.13 Å². The normalized spacial score (nSPS) is 11.8. The third-order valence-electron chi connectivity index (χ3n) is 2.42. The highest BCUT2D eigenvalue weighted by molar-refractivity contribution is 7.15. The summed E-state index contributed by atoms with van der Waals surface area (Å²) in [5, 5.41) is 6.55. The Kier molecular flexibility index (Phi) is 7.34. The lowest BCUT2D eigenvalue weighted by Gasteiger charge is -2.09. The summed E-state index contributed by atoms with van der Waals surface area (Å²) in [5.74, 6) is -0.0231. The lowest BCUT2D eigenvalue weighted by Crippen LogP contribution is -2.28. The Morgan fingerprint density at radius 2 is 2.18 bits per heavy atom. The number of aromatic nitrogens is 1. The van der Waals surface area contributed by atoms with Crippen molar-refractivity contribution in [3.63, 3.8) is 0 Å². The molecule has 1 aromatic rings. The lowest BCUT2D eigenvalue weighted by atomic mass is 10.2. The first-order chi connectivity index (χ1) is 7.58. The third-order valence-corrected chi connectivity index (χ3v) is 3.34. The van der Waals surface area contributed by atoms with Gasteiger partial charge < -0.3 is 10.6 Å². The molecule has 6 heteroatoms. The summed E-state index contributed by atoms with van der Waals surface area (Å²) < 4.78 is 0. The Labute approximate surface area is 113 Å². The molecule has 0 aliphatic carbocycles. The molecule has 0 spiro atoms. The van der Waals surface area contributed by atoms with Crippen molar-refractivity contribution in [2.45, 2.75) is 27.2 Å². The van der Waals surface area contributed by atoms with E-state index < -0.39 is 0 Å². The van der Waals surface area contributed by atoms with Crippen molar-refractivity contribution in [3.05, 3.63) is 10.6 Å². The number of halogens is 1. The van der Waals surface area contributed by atoms with Crippen molar-refractivity contribution in [1.29, 1.82) is 0 Å². The summed E-state index contributed by atoms with van der Waals surface area (Å²) in [4.78, 5) is 17.3. The minimum Gasteiger partial charge on any atom is -0.319 e. The molecule has 0 aromatic carbocycles. The Morgan fingerprint density at radius 1 is 1.53 bits per heavy atom. The van der Waals surface area contributed by atoms with Gasteiger partial charge >= 0.3 is 0 Å².